The third-order valence-electron chi connectivity index (χ3n) is 3.34. The lowest BCUT2D eigenvalue weighted by atomic mass is 10.1. The van der Waals surface area contributed by atoms with Crippen LogP contribution in [0.25, 0.3) is 10.8 Å². The highest BCUT2D eigenvalue weighted by Gasteiger charge is 2.05. The smallest absolute Gasteiger partial charge is 0.0692 e. The molecule has 0 heterocycles. The van der Waals surface area contributed by atoms with E-state index in [1.807, 2.05) is 13.0 Å². The van der Waals surface area contributed by atoms with Gasteiger partial charge in [0, 0.05) is 9.79 Å². The molecule has 3 aromatic carbocycles. The highest BCUT2D eigenvalue weighted by Crippen LogP contribution is 2.32. The van der Waals surface area contributed by atoms with Gasteiger partial charge in [-0.25, -0.2) is 0 Å². The van der Waals surface area contributed by atoms with Crippen LogP contribution >= 0.6 is 11.8 Å². The summed E-state index contributed by atoms with van der Waals surface area (Å²) in [6.45, 7) is 2.13. The molecule has 1 nitrogen and oxygen atoms in total. The minimum atomic E-state index is 0.0809. The van der Waals surface area contributed by atoms with E-state index in [1.54, 1.807) is 11.8 Å². The van der Waals surface area contributed by atoms with Gasteiger partial charge in [-0.05, 0) is 41.5 Å². The molecule has 0 aromatic heterocycles. The van der Waals surface area contributed by atoms with Crippen molar-refractivity contribution in [3.8, 4) is 0 Å². The van der Waals surface area contributed by atoms with Gasteiger partial charge in [0.25, 0.3) is 0 Å². The summed E-state index contributed by atoms with van der Waals surface area (Å²) in [7, 11) is 0. The largest absolute Gasteiger partial charge is 0.392 e. The molecule has 0 saturated carbocycles. The lowest BCUT2D eigenvalue weighted by Crippen LogP contribution is -1.88. The highest BCUT2D eigenvalue weighted by molar-refractivity contribution is 7.99. The van der Waals surface area contributed by atoms with Crippen LogP contribution in [0.2, 0.25) is 0 Å². The normalized spacial score (nSPS) is 10.9. The molecule has 0 unspecified atom stereocenters. The molecule has 0 aliphatic carbocycles. The van der Waals surface area contributed by atoms with E-state index < -0.39 is 0 Å². The number of hydrogen-bond donors (Lipinski definition) is 1. The Balaban J connectivity index is 1.96. The van der Waals surface area contributed by atoms with E-state index >= 15 is 0 Å². The van der Waals surface area contributed by atoms with Gasteiger partial charge in [-0.3, -0.25) is 0 Å². The van der Waals surface area contributed by atoms with Crippen molar-refractivity contribution in [2.75, 3.05) is 0 Å². The van der Waals surface area contributed by atoms with Crippen molar-refractivity contribution in [3.05, 3.63) is 71.8 Å². The first kappa shape index (κ1) is 13.2. The molecule has 0 bridgehead atoms. The van der Waals surface area contributed by atoms with Gasteiger partial charge in [0.1, 0.15) is 0 Å². The van der Waals surface area contributed by atoms with Gasteiger partial charge < -0.3 is 5.11 Å². The zero-order valence-electron chi connectivity index (χ0n) is 11.3. The third-order valence-corrected chi connectivity index (χ3v) is 4.44. The van der Waals surface area contributed by atoms with Crippen LogP contribution in [0, 0.1) is 6.92 Å². The van der Waals surface area contributed by atoms with Crippen LogP contribution in [0.5, 0.6) is 0 Å². The topological polar surface area (TPSA) is 20.2 Å². The Morgan fingerprint density at radius 1 is 0.900 bits per heavy atom. The van der Waals surface area contributed by atoms with Gasteiger partial charge in [0.05, 0.1) is 6.61 Å². The van der Waals surface area contributed by atoms with Gasteiger partial charge in [-0.2, -0.15) is 0 Å². The van der Waals surface area contributed by atoms with Crippen LogP contribution in [-0.4, -0.2) is 5.11 Å². The predicted octanol–water partition coefficient (Wildman–Crippen LogP) is 4.79. The Kier molecular flexibility index (Phi) is 3.77. The average molecular weight is 280 g/mol. The van der Waals surface area contributed by atoms with E-state index in [4.69, 9.17) is 0 Å². The number of hydrogen-bond acceptors (Lipinski definition) is 2. The van der Waals surface area contributed by atoms with Gasteiger partial charge >= 0.3 is 0 Å². The maximum atomic E-state index is 9.48. The summed E-state index contributed by atoms with van der Waals surface area (Å²) in [4.78, 5) is 2.32. The van der Waals surface area contributed by atoms with E-state index in [0.717, 1.165) is 10.5 Å². The Bertz CT molecular complexity index is 749. The van der Waals surface area contributed by atoms with Crippen molar-refractivity contribution in [1.82, 2.24) is 0 Å². The Labute approximate surface area is 123 Å². The van der Waals surface area contributed by atoms with Crippen molar-refractivity contribution < 1.29 is 5.11 Å². The Hall–Kier alpha value is -1.77. The second-order valence-corrected chi connectivity index (χ2v) is 6.00. The highest BCUT2D eigenvalue weighted by atomic mass is 32.2. The molecule has 0 spiro atoms. The van der Waals surface area contributed by atoms with Crippen molar-refractivity contribution in [2.24, 2.45) is 0 Å². The van der Waals surface area contributed by atoms with Crippen molar-refractivity contribution >= 4 is 22.5 Å². The van der Waals surface area contributed by atoms with E-state index in [1.165, 1.54) is 21.2 Å². The van der Waals surface area contributed by atoms with Crippen LogP contribution in [0.1, 0.15) is 11.1 Å². The molecule has 3 rings (SSSR count). The van der Waals surface area contributed by atoms with Gasteiger partial charge in [0.2, 0.25) is 0 Å². The van der Waals surface area contributed by atoms with Crippen molar-refractivity contribution in [2.45, 2.75) is 23.3 Å². The van der Waals surface area contributed by atoms with E-state index in [-0.39, 0.29) is 6.61 Å². The quantitative estimate of drug-likeness (QED) is 0.744. The zero-order chi connectivity index (χ0) is 13.9. The molecule has 100 valence electrons. The minimum absolute atomic E-state index is 0.0809. The number of benzene rings is 3. The summed E-state index contributed by atoms with van der Waals surface area (Å²) in [5, 5.41) is 12.0. The maximum Gasteiger partial charge on any atom is 0.0692 e. The number of aliphatic hydroxyl groups is 1. The van der Waals surface area contributed by atoms with Crippen LogP contribution in [-0.2, 0) is 6.61 Å². The second kappa shape index (κ2) is 5.70. The predicted molar refractivity (Wildman–Crippen MR) is 85.2 cm³/mol. The van der Waals surface area contributed by atoms with Crippen molar-refractivity contribution in [3.63, 3.8) is 0 Å². The van der Waals surface area contributed by atoms with E-state index in [9.17, 15) is 5.11 Å². The standard InChI is InChI=1S/C18H16OS/c1-13-6-9-18(16(10-13)12-19)20-17-8-7-14-4-2-3-5-15(14)11-17/h2-11,19H,12H2,1H3. The molecular weight excluding hydrogens is 264 g/mol. The minimum Gasteiger partial charge on any atom is -0.392 e. The van der Waals surface area contributed by atoms with Gasteiger partial charge in [0.15, 0.2) is 0 Å². The fourth-order valence-corrected chi connectivity index (χ4v) is 3.26. The first-order chi connectivity index (χ1) is 9.76. The van der Waals surface area contributed by atoms with E-state index in [2.05, 4.69) is 54.6 Å². The van der Waals surface area contributed by atoms with Gasteiger partial charge in [-0.15, -0.1) is 0 Å². The fourth-order valence-electron chi connectivity index (χ4n) is 2.29. The zero-order valence-corrected chi connectivity index (χ0v) is 12.2. The molecular formula is C18H16OS. The summed E-state index contributed by atoms with van der Waals surface area (Å²) < 4.78 is 0. The van der Waals surface area contributed by atoms with Crippen LogP contribution < -0.4 is 0 Å². The number of fused-ring (bicyclic) bond motifs is 1. The van der Waals surface area contributed by atoms with Crippen LogP contribution in [0.3, 0.4) is 0 Å². The monoisotopic (exact) mass is 280 g/mol. The summed E-state index contributed by atoms with van der Waals surface area (Å²) in [5.41, 5.74) is 2.17. The number of rotatable bonds is 3. The first-order valence-corrected chi connectivity index (χ1v) is 7.45. The van der Waals surface area contributed by atoms with E-state index in [0.29, 0.717) is 0 Å². The maximum absolute atomic E-state index is 9.48. The SMILES string of the molecule is Cc1ccc(Sc2ccc3ccccc3c2)c(CO)c1. The molecule has 0 amide bonds. The summed E-state index contributed by atoms with van der Waals surface area (Å²) >= 11 is 1.70. The molecule has 1 N–H and O–H groups in total. The molecule has 0 atom stereocenters. The van der Waals surface area contributed by atoms with Crippen molar-refractivity contribution in [1.29, 1.82) is 0 Å². The lowest BCUT2D eigenvalue weighted by Gasteiger charge is -2.09. The molecule has 0 saturated heterocycles. The molecule has 0 aliphatic rings. The van der Waals surface area contributed by atoms with Crippen LogP contribution in [0.4, 0.5) is 0 Å². The first-order valence-electron chi connectivity index (χ1n) is 6.63. The third kappa shape index (κ3) is 2.72. The van der Waals surface area contributed by atoms with Crippen LogP contribution in [0.15, 0.2) is 70.5 Å². The van der Waals surface area contributed by atoms with Gasteiger partial charge in [-0.1, -0.05) is 59.8 Å². The fraction of sp³-hybridized carbons (Fsp3) is 0.111. The number of aryl methyl sites for hydroxylation is 1. The molecule has 20 heavy (non-hydrogen) atoms. The summed E-state index contributed by atoms with van der Waals surface area (Å²) in [6, 6.07) is 21.0. The number of aliphatic hydroxyl groups excluding tert-OH is 1. The average Bonchev–Trinajstić information content (AvgIpc) is 2.49. The second-order valence-electron chi connectivity index (χ2n) is 4.88. The molecule has 0 radical (unpaired) electrons. The lowest BCUT2D eigenvalue weighted by molar-refractivity contribution is 0.279. The molecule has 0 aliphatic heterocycles. The molecule has 0 fully saturated rings. The molecule has 2 heteroatoms. The molecule has 3 aromatic rings. The Morgan fingerprint density at radius 3 is 2.50 bits per heavy atom. The summed E-state index contributed by atoms with van der Waals surface area (Å²) in [6.07, 6.45) is 0. The Morgan fingerprint density at radius 2 is 1.70 bits per heavy atom. The summed E-state index contributed by atoms with van der Waals surface area (Å²) in [5.74, 6) is 0.